The van der Waals surface area contributed by atoms with Gasteiger partial charge in [0.25, 0.3) is 0 Å². The van der Waals surface area contributed by atoms with E-state index >= 15 is 0 Å². The SMILES string of the molecule is COCC(C)CNC(C)c1ccc(Br)cc1Br. The minimum atomic E-state index is 0.330. The number of hydrogen-bond acceptors (Lipinski definition) is 2. The van der Waals surface area contributed by atoms with E-state index in [0.717, 1.165) is 22.1 Å². The van der Waals surface area contributed by atoms with E-state index in [4.69, 9.17) is 4.74 Å². The number of halogens is 2. The summed E-state index contributed by atoms with van der Waals surface area (Å²) in [6, 6.07) is 6.60. The molecule has 1 rings (SSSR count). The molecule has 2 nitrogen and oxygen atoms in total. The molecule has 1 aromatic carbocycles. The molecule has 0 radical (unpaired) electrons. The molecule has 0 spiro atoms. The van der Waals surface area contributed by atoms with E-state index in [2.05, 4.69) is 69.2 Å². The van der Waals surface area contributed by atoms with Gasteiger partial charge in [0.1, 0.15) is 0 Å². The molecule has 0 aliphatic heterocycles. The lowest BCUT2D eigenvalue weighted by Crippen LogP contribution is -2.26. The van der Waals surface area contributed by atoms with Gasteiger partial charge in [0.2, 0.25) is 0 Å². The summed E-state index contributed by atoms with van der Waals surface area (Å²) in [5, 5.41) is 3.52. The van der Waals surface area contributed by atoms with Crippen molar-refractivity contribution < 1.29 is 4.74 Å². The normalized spacial score (nSPS) is 14.6. The Balaban J connectivity index is 2.54. The Morgan fingerprint density at radius 2 is 2.00 bits per heavy atom. The molecular weight excluding hydrogens is 346 g/mol. The zero-order valence-corrected chi connectivity index (χ0v) is 13.6. The van der Waals surface area contributed by atoms with Gasteiger partial charge in [0, 0.05) is 35.2 Å². The smallest absolute Gasteiger partial charge is 0.0499 e. The first kappa shape index (κ1) is 15.2. The molecule has 0 aliphatic rings. The summed E-state index contributed by atoms with van der Waals surface area (Å²) < 4.78 is 7.35. The van der Waals surface area contributed by atoms with Crippen LogP contribution < -0.4 is 5.32 Å². The van der Waals surface area contributed by atoms with Crippen LogP contribution in [0.25, 0.3) is 0 Å². The van der Waals surface area contributed by atoms with Crippen molar-refractivity contribution in [1.29, 1.82) is 0 Å². The van der Waals surface area contributed by atoms with E-state index in [1.807, 2.05) is 0 Å². The van der Waals surface area contributed by atoms with Gasteiger partial charge in [-0.2, -0.15) is 0 Å². The fourth-order valence-electron chi connectivity index (χ4n) is 1.68. The predicted octanol–water partition coefficient (Wildman–Crippen LogP) is 4.14. The van der Waals surface area contributed by atoms with Gasteiger partial charge in [0.05, 0.1) is 0 Å². The van der Waals surface area contributed by atoms with Gasteiger partial charge in [0.15, 0.2) is 0 Å². The minimum absolute atomic E-state index is 0.330. The van der Waals surface area contributed by atoms with E-state index in [9.17, 15) is 0 Å². The molecule has 1 N–H and O–H groups in total. The van der Waals surface area contributed by atoms with Crippen molar-refractivity contribution in [3.63, 3.8) is 0 Å². The van der Waals surface area contributed by atoms with Gasteiger partial charge in [-0.15, -0.1) is 0 Å². The molecule has 0 bridgehead atoms. The molecular formula is C13H19Br2NO. The van der Waals surface area contributed by atoms with Gasteiger partial charge >= 0.3 is 0 Å². The van der Waals surface area contributed by atoms with Crippen LogP contribution in [0.4, 0.5) is 0 Å². The van der Waals surface area contributed by atoms with Crippen molar-refractivity contribution in [3.05, 3.63) is 32.7 Å². The van der Waals surface area contributed by atoms with E-state index in [1.54, 1.807) is 7.11 Å². The van der Waals surface area contributed by atoms with Crippen LogP contribution in [0.3, 0.4) is 0 Å². The van der Waals surface area contributed by atoms with Gasteiger partial charge < -0.3 is 10.1 Å². The Kier molecular flexibility index (Phi) is 6.70. The van der Waals surface area contributed by atoms with Crippen molar-refractivity contribution in [3.8, 4) is 0 Å². The lowest BCUT2D eigenvalue weighted by molar-refractivity contribution is 0.157. The van der Waals surface area contributed by atoms with Crippen molar-refractivity contribution in [2.45, 2.75) is 19.9 Å². The van der Waals surface area contributed by atoms with Gasteiger partial charge in [-0.3, -0.25) is 0 Å². The highest BCUT2D eigenvalue weighted by molar-refractivity contribution is 9.11. The second kappa shape index (κ2) is 7.52. The number of hydrogen-bond donors (Lipinski definition) is 1. The molecule has 2 atom stereocenters. The second-order valence-electron chi connectivity index (χ2n) is 4.36. The van der Waals surface area contributed by atoms with Crippen molar-refractivity contribution in [2.24, 2.45) is 5.92 Å². The first-order valence-corrected chi connectivity index (χ1v) is 7.30. The average Bonchev–Trinajstić information content (AvgIpc) is 2.26. The summed E-state index contributed by atoms with van der Waals surface area (Å²) in [6.45, 7) is 6.10. The fraction of sp³-hybridized carbons (Fsp3) is 0.538. The number of ether oxygens (including phenoxy) is 1. The third-order valence-corrected chi connectivity index (χ3v) is 3.83. The molecule has 96 valence electrons. The molecule has 0 aliphatic carbocycles. The molecule has 0 amide bonds. The molecule has 4 heteroatoms. The average molecular weight is 365 g/mol. The van der Waals surface area contributed by atoms with Crippen LogP contribution in [-0.2, 0) is 4.74 Å². The maximum atomic E-state index is 5.13. The summed E-state index contributed by atoms with van der Waals surface area (Å²) in [7, 11) is 1.74. The number of rotatable bonds is 6. The Labute approximate surface area is 120 Å². The Hall–Kier alpha value is 0.1000. The minimum Gasteiger partial charge on any atom is -0.384 e. The highest BCUT2D eigenvalue weighted by atomic mass is 79.9. The molecule has 0 heterocycles. The Morgan fingerprint density at radius 1 is 1.29 bits per heavy atom. The molecule has 0 aromatic heterocycles. The second-order valence-corrected chi connectivity index (χ2v) is 6.13. The van der Waals surface area contributed by atoms with E-state index in [-0.39, 0.29) is 0 Å². The number of benzene rings is 1. The van der Waals surface area contributed by atoms with Crippen LogP contribution in [0.1, 0.15) is 25.5 Å². The molecule has 0 saturated heterocycles. The summed E-state index contributed by atoms with van der Waals surface area (Å²) in [6.07, 6.45) is 0. The molecule has 0 saturated carbocycles. The first-order valence-electron chi connectivity index (χ1n) is 5.72. The highest BCUT2D eigenvalue weighted by Gasteiger charge is 2.10. The molecule has 2 unspecified atom stereocenters. The van der Waals surface area contributed by atoms with Crippen molar-refractivity contribution in [1.82, 2.24) is 5.32 Å². The molecule has 17 heavy (non-hydrogen) atoms. The maximum Gasteiger partial charge on any atom is 0.0499 e. The van der Waals surface area contributed by atoms with Gasteiger partial charge in [-0.1, -0.05) is 44.8 Å². The lowest BCUT2D eigenvalue weighted by Gasteiger charge is -2.19. The van der Waals surface area contributed by atoms with Crippen LogP contribution in [0.15, 0.2) is 27.1 Å². The lowest BCUT2D eigenvalue weighted by atomic mass is 10.1. The highest BCUT2D eigenvalue weighted by Crippen LogP contribution is 2.26. The number of methoxy groups -OCH3 is 1. The standard InChI is InChI=1S/C13H19Br2NO/c1-9(8-17-3)7-16-10(2)12-5-4-11(14)6-13(12)15/h4-6,9-10,16H,7-8H2,1-3H3. The van der Waals surface area contributed by atoms with Crippen molar-refractivity contribution in [2.75, 3.05) is 20.3 Å². The van der Waals surface area contributed by atoms with E-state index < -0.39 is 0 Å². The Bertz CT molecular complexity index is 357. The summed E-state index contributed by atoms with van der Waals surface area (Å²) in [4.78, 5) is 0. The maximum absolute atomic E-state index is 5.13. The predicted molar refractivity (Wildman–Crippen MR) is 79.3 cm³/mol. The topological polar surface area (TPSA) is 21.3 Å². The zero-order valence-electron chi connectivity index (χ0n) is 10.5. The first-order chi connectivity index (χ1) is 8.04. The van der Waals surface area contributed by atoms with Crippen LogP contribution in [0.5, 0.6) is 0 Å². The van der Waals surface area contributed by atoms with Gasteiger partial charge in [-0.25, -0.2) is 0 Å². The Morgan fingerprint density at radius 3 is 2.59 bits per heavy atom. The van der Waals surface area contributed by atoms with Crippen LogP contribution in [-0.4, -0.2) is 20.3 Å². The molecule has 1 aromatic rings. The third kappa shape index (κ3) is 5.08. The largest absolute Gasteiger partial charge is 0.384 e. The molecule has 0 fully saturated rings. The summed E-state index contributed by atoms with van der Waals surface area (Å²) >= 11 is 7.05. The fourth-order valence-corrected chi connectivity index (χ4v) is 3.07. The van der Waals surface area contributed by atoms with Crippen molar-refractivity contribution >= 4 is 31.9 Å². The van der Waals surface area contributed by atoms with Crippen LogP contribution >= 0.6 is 31.9 Å². The van der Waals surface area contributed by atoms with Crippen LogP contribution in [0, 0.1) is 5.92 Å². The third-order valence-electron chi connectivity index (χ3n) is 2.65. The summed E-state index contributed by atoms with van der Waals surface area (Å²) in [5.41, 5.74) is 1.28. The van der Waals surface area contributed by atoms with Gasteiger partial charge in [-0.05, 0) is 30.5 Å². The number of nitrogens with one attached hydrogen (secondary N) is 1. The quantitative estimate of drug-likeness (QED) is 0.818. The van der Waals surface area contributed by atoms with E-state index in [0.29, 0.717) is 12.0 Å². The monoisotopic (exact) mass is 363 g/mol. The van der Waals surface area contributed by atoms with Crippen LogP contribution in [0.2, 0.25) is 0 Å². The zero-order chi connectivity index (χ0) is 12.8. The van der Waals surface area contributed by atoms with E-state index in [1.165, 1.54) is 5.56 Å². The summed E-state index contributed by atoms with van der Waals surface area (Å²) in [5.74, 6) is 0.525.